The molecule has 1 unspecified atom stereocenters. The van der Waals surface area contributed by atoms with Crippen molar-refractivity contribution in [1.29, 1.82) is 5.41 Å². The Morgan fingerprint density at radius 1 is 1.41 bits per heavy atom. The average molecular weight is 255 g/mol. The van der Waals surface area contributed by atoms with Gasteiger partial charge in [-0.25, -0.2) is 12.7 Å². The second-order valence-electron chi connectivity index (χ2n) is 3.95. The first-order valence-electron chi connectivity index (χ1n) is 5.21. The molecule has 1 rings (SSSR count). The zero-order valence-electron chi connectivity index (χ0n) is 9.92. The first-order chi connectivity index (χ1) is 7.85. The highest BCUT2D eigenvalue weighted by atomic mass is 32.2. The second kappa shape index (κ2) is 5.29. The van der Waals surface area contributed by atoms with E-state index >= 15 is 0 Å². The number of nitrogens with zero attached hydrogens (tertiary/aromatic N) is 1. The van der Waals surface area contributed by atoms with Crippen LogP contribution in [0, 0.1) is 11.3 Å². The maximum Gasteiger partial charge on any atom is 0.242 e. The summed E-state index contributed by atoms with van der Waals surface area (Å²) < 4.78 is 25.4. The van der Waals surface area contributed by atoms with E-state index in [1.54, 1.807) is 37.3 Å². The zero-order chi connectivity index (χ0) is 13.1. The summed E-state index contributed by atoms with van der Waals surface area (Å²) in [5.74, 6) is -0.307. The quantitative estimate of drug-likeness (QED) is 0.604. The normalized spacial score (nSPS) is 13.6. The molecule has 3 N–H and O–H groups in total. The summed E-state index contributed by atoms with van der Waals surface area (Å²) in [6.07, 6.45) is 0. The number of hydrogen-bond acceptors (Lipinski definition) is 3. The van der Waals surface area contributed by atoms with Gasteiger partial charge in [0.2, 0.25) is 10.0 Å². The van der Waals surface area contributed by atoms with E-state index in [4.69, 9.17) is 11.1 Å². The maximum atomic E-state index is 12.1. The molecule has 0 aliphatic rings. The summed E-state index contributed by atoms with van der Waals surface area (Å²) in [5, 5.41) is 7.26. The van der Waals surface area contributed by atoms with E-state index in [1.807, 2.05) is 0 Å². The standard InChI is InChI=1S/C11H17N3O2S/c1-9(11(12)13)8-14(2)17(15,16)10-6-4-3-5-7-10/h3-7,9H,8H2,1-2H3,(H3,12,13). The minimum absolute atomic E-state index is 0.0138. The Kier molecular flexibility index (Phi) is 4.25. The lowest BCUT2D eigenvalue weighted by atomic mass is 10.2. The number of benzene rings is 1. The van der Waals surface area contributed by atoms with Gasteiger partial charge in [0.15, 0.2) is 0 Å². The van der Waals surface area contributed by atoms with E-state index in [0.717, 1.165) is 0 Å². The van der Waals surface area contributed by atoms with Gasteiger partial charge in [0.05, 0.1) is 10.7 Å². The molecule has 0 amide bonds. The molecule has 0 saturated heterocycles. The molecule has 94 valence electrons. The van der Waals surface area contributed by atoms with Crippen molar-refractivity contribution in [2.75, 3.05) is 13.6 Å². The van der Waals surface area contributed by atoms with Crippen molar-refractivity contribution in [3.63, 3.8) is 0 Å². The third-order valence-electron chi connectivity index (χ3n) is 2.51. The minimum Gasteiger partial charge on any atom is -0.387 e. The van der Waals surface area contributed by atoms with Crippen LogP contribution in [0.25, 0.3) is 0 Å². The molecule has 1 atom stereocenters. The first kappa shape index (κ1) is 13.7. The highest BCUT2D eigenvalue weighted by molar-refractivity contribution is 7.89. The fourth-order valence-corrected chi connectivity index (χ4v) is 2.64. The van der Waals surface area contributed by atoms with Crippen LogP contribution in [-0.2, 0) is 10.0 Å². The Bertz CT molecular complexity index is 485. The molecule has 0 fully saturated rings. The molecular formula is C11H17N3O2S. The molecular weight excluding hydrogens is 238 g/mol. The number of amidine groups is 1. The van der Waals surface area contributed by atoms with Crippen LogP contribution in [0.1, 0.15) is 6.92 Å². The Morgan fingerprint density at radius 2 is 1.94 bits per heavy atom. The molecule has 5 nitrogen and oxygen atoms in total. The molecule has 0 radical (unpaired) electrons. The number of sulfonamides is 1. The van der Waals surface area contributed by atoms with Crippen molar-refractivity contribution in [2.24, 2.45) is 11.7 Å². The Labute approximate surface area is 102 Å². The SMILES string of the molecule is CC(CN(C)S(=O)(=O)c1ccccc1)C(=N)N. The summed E-state index contributed by atoms with van der Waals surface area (Å²) in [6, 6.07) is 8.20. The number of nitrogens with one attached hydrogen (secondary N) is 1. The van der Waals surface area contributed by atoms with E-state index in [1.165, 1.54) is 11.4 Å². The van der Waals surface area contributed by atoms with Crippen LogP contribution < -0.4 is 5.73 Å². The fraction of sp³-hybridized carbons (Fsp3) is 0.364. The molecule has 1 aromatic carbocycles. The summed E-state index contributed by atoms with van der Waals surface area (Å²) in [5.41, 5.74) is 5.33. The number of nitrogens with two attached hydrogens (primary N) is 1. The number of rotatable bonds is 5. The van der Waals surface area contributed by atoms with Gasteiger partial charge in [-0.1, -0.05) is 25.1 Å². The molecule has 6 heteroatoms. The summed E-state index contributed by atoms with van der Waals surface area (Å²) in [7, 11) is -2.00. The molecule has 0 spiro atoms. The van der Waals surface area contributed by atoms with Gasteiger partial charge in [0.1, 0.15) is 0 Å². The van der Waals surface area contributed by atoms with E-state index in [-0.39, 0.29) is 23.2 Å². The molecule has 0 saturated carbocycles. The van der Waals surface area contributed by atoms with Gasteiger partial charge >= 0.3 is 0 Å². The fourth-order valence-electron chi connectivity index (χ4n) is 1.35. The van der Waals surface area contributed by atoms with Gasteiger partial charge in [-0.15, -0.1) is 0 Å². The van der Waals surface area contributed by atoms with Crippen molar-refractivity contribution in [3.8, 4) is 0 Å². The van der Waals surface area contributed by atoms with Gasteiger partial charge < -0.3 is 5.73 Å². The molecule has 0 aliphatic carbocycles. The highest BCUT2D eigenvalue weighted by Crippen LogP contribution is 2.14. The summed E-state index contributed by atoms with van der Waals surface area (Å²) in [4.78, 5) is 0.248. The van der Waals surface area contributed by atoms with Gasteiger partial charge in [-0.05, 0) is 12.1 Å². The Balaban J connectivity index is 2.89. The summed E-state index contributed by atoms with van der Waals surface area (Å²) in [6.45, 7) is 1.92. The lowest BCUT2D eigenvalue weighted by Gasteiger charge is -2.20. The molecule has 17 heavy (non-hydrogen) atoms. The smallest absolute Gasteiger partial charge is 0.242 e. The van der Waals surface area contributed by atoms with Crippen molar-refractivity contribution in [1.82, 2.24) is 4.31 Å². The van der Waals surface area contributed by atoms with Crippen molar-refractivity contribution >= 4 is 15.9 Å². The molecule has 0 heterocycles. The van der Waals surface area contributed by atoms with Crippen LogP contribution in [0.2, 0.25) is 0 Å². The minimum atomic E-state index is -3.49. The van der Waals surface area contributed by atoms with E-state index in [0.29, 0.717) is 0 Å². The van der Waals surface area contributed by atoms with Crippen LogP contribution in [0.15, 0.2) is 35.2 Å². The van der Waals surface area contributed by atoms with E-state index < -0.39 is 10.0 Å². The van der Waals surface area contributed by atoms with Crippen LogP contribution in [0.3, 0.4) is 0 Å². The largest absolute Gasteiger partial charge is 0.387 e. The van der Waals surface area contributed by atoms with Crippen LogP contribution >= 0.6 is 0 Å². The summed E-state index contributed by atoms with van der Waals surface area (Å²) >= 11 is 0. The van der Waals surface area contributed by atoms with Gasteiger partial charge in [-0.3, -0.25) is 5.41 Å². The Hall–Kier alpha value is -1.40. The first-order valence-corrected chi connectivity index (χ1v) is 6.65. The molecule has 1 aromatic rings. The predicted molar refractivity (Wildman–Crippen MR) is 67.3 cm³/mol. The van der Waals surface area contributed by atoms with Crippen molar-refractivity contribution < 1.29 is 8.42 Å². The topological polar surface area (TPSA) is 87.2 Å². The highest BCUT2D eigenvalue weighted by Gasteiger charge is 2.22. The van der Waals surface area contributed by atoms with Gasteiger partial charge in [0, 0.05) is 19.5 Å². The molecule has 0 aromatic heterocycles. The lowest BCUT2D eigenvalue weighted by Crippen LogP contribution is -2.35. The molecule has 0 bridgehead atoms. The van der Waals surface area contributed by atoms with E-state index in [9.17, 15) is 8.42 Å². The average Bonchev–Trinajstić information content (AvgIpc) is 2.29. The lowest BCUT2D eigenvalue weighted by molar-refractivity contribution is 0.443. The molecule has 0 aliphatic heterocycles. The third kappa shape index (κ3) is 3.28. The van der Waals surface area contributed by atoms with E-state index in [2.05, 4.69) is 0 Å². The Morgan fingerprint density at radius 3 is 2.41 bits per heavy atom. The van der Waals surface area contributed by atoms with Crippen LogP contribution in [0.5, 0.6) is 0 Å². The van der Waals surface area contributed by atoms with Gasteiger partial charge in [0.25, 0.3) is 0 Å². The van der Waals surface area contributed by atoms with Crippen molar-refractivity contribution in [2.45, 2.75) is 11.8 Å². The zero-order valence-corrected chi connectivity index (χ0v) is 10.7. The van der Waals surface area contributed by atoms with Crippen LogP contribution in [0.4, 0.5) is 0 Å². The van der Waals surface area contributed by atoms with Crippen molar-refractivity contribution in [3.05, 3.63) is 30.3 Å². The second-order valence-corrected chi connectivity index (χ2v) is 6.00. The van der Waals surface area contributed by atoms with Gasteiger partial charge in [-0.2, -0.15) is 0 Å². The third-order valence-corrected chi connectivity index (χ3v) is 4.35. The van der Waals surface area contributed by atoms with Crippen LogP contribution in [-0.4, -0.2) is 32.2 Å². The number of hydrogen-bond donors (Lipinski definition) is 2. The maximum absolute atomic E-state index is 12.1. The predicted octanol–water partition coefficient (Wildman–Crippen LogP) is 0.879. The monoisotopic (exact) mass is 255 g/mol.